The smallest absolute Gasteiger partial charge is 0.191 e. The molecule has 2 heterocycles. The molecular formula is C24H36ClIN6. The number of halogens is 2. The second-order valence-corrected chi connectivity index (χ2v) is 8.81. The standard InChI is InChI=1S/C24H35ClN6.HI/c1-5-26-24(28-16-18-11-12-27-22(14-18)30(2)3)29-17-20-9-7-13-31(4)23(20)19-8-6-10-21(25)15-19;/h6,8,10-12,14-15,20,23H,5,7,9,13,16-17H2,1-4H3,(H2,26,28,29);1H. The largest absolute Gasteiger partial charge is 0.363 e. The van der Waals surface area contributed by atoms with Gasteiger partial charge in [-0.15, -0.1) is 24.0 Å². The third-order valence-corrected chi connectivity index (χ3v) is 6.00. The molecule has 32 heavy (non-hydrogen) atoms. The molecule has 1 fully saturated rings. The number of anilines is 1. The van der Waals surface area contributed by atoms with E-state index in [0.29, 0.717) is 18.5 Å². The van der Waals surface area contributed by atoms with Crippen molar-refractivity contribution in [3.63, 3.8) is 0 Å². The van der Waals surface area contributed by atoms with E-state index < -0.39 is 0 Å². The van der Waals surface area contributed by atoms with Gasteiger partial charge in [0.1, 0.15) is 5.82 Å². The summed E-state index contributed by atoms with van der Waals surface area (Å²) >= 11 is 6.29. The van der Waals surface area contributed by atoms with Gasteiger partial charge < -0.3 is 15.5 Å². The summed E-state index contributed by atoms with van der Waals surface area (Å²) in [5.74, 6) is 2.28. The molecular weight excluding hydrogens is 535 g/mol. The number of hydrogen-bond donors (Lipinski definition) is 2. The number of benzene rings is 1. The number of hydrogen-bond acceptors (Lipinski definition) is 4. The Morgan fingerprint density at radius 1 is 1.25 bits per heavy atom. The molecule has 1 aromatic heterocycles. The van der Waals surface area contributed by atoms with E-state index in [4.69, 9.17) is 16.6 Å². The molecule has 0 spiro atoms. The van der Waals surface area contributed by atoms with Crippen molar-refractivity contribution in [2.45, 2.75) is 32.4 Å². The molecule has 2 N–H and O–H groups in total. The predicted octanol–water partition coefficient (Wildman–Crippen LogP) is 4.56. The minimum absolute atomic E-state index is 0. The Morgan fingerprint density at radius 3 is 2.78 bits per heavy atom. The van der Waals surface area contributed by atoms with E-state index in [1.165, 1.54) is 18.4 Å². The summed E-state index contributed by atoms with van der Waals surface area (Å²) in [6.45, 7) is 5.51. The van der Waals surface area contributed by atoms with Crippen LogP contribution >= 0.6 is 35.6 Å². The van der Waals surface area contributed by atoms with E-state index in [0.717, 1.165) is 42.0 Å². The van der Waals surface area contributed by atoms with Crippen LogP contribution in [0.4, 0.5) is 5.82 Å². The molecule has 0 radical (unpaired) electrons. The summed E-state index contributed by atoms with van der Waals surface area (Å²) in [7, 11) is 6.21. The number of pyridine rings is 1. The Labute approximate surface area is 214 Å². The SMILES string of the molecule is CCNC(=NCc1ccnc(N(C)C)c1)NCC1CCCN(C)C1c1cccc(Cl)c1.I. The molecule has 2 aromatic rings. The van der Waals surface area contributed by atoms with E-state index in [1.54, 1.807) is 0 Å². The van der Waals surface area contributed by atoms with Crippen LogP contribution in [0.1, 0.15) is 36.9 Å². The van der Waals surface area contributed by atoms with Crippen LogP contribution in [-0.2, 0) is 6.54 Å². The molecule has 1 saturated heterocycles. The van der Waals surface area contributed by atoms with Crippen LogP contribution in [0.15, 0.2) is 47.6 Å². The molecule has 0 saturated carbocycles. The highest BCUT2D eigenvalue weighted by molar-refractivity contribution is 14.0. The first-order valence-electron chi connectivity index (χ1n) is 11.1. The Bertz CT molecular complexity index is 875. The number of nitrogens with zero attached hydrogens (tertiary/aromatic N) is 4. The Hall–Kier alpha value is -1.58. The quantitative estimate of drug-likeness (QED) is 0.291. The molecule has 0 aliphatic carbocycles. The second kappa shape index (κ2) is 13.2. The summed E-state index contributed by atoms with van der Waals surface area (Å²) in [6, 6.07) is 12.7. The van der Waals surface area contributed by atoms with E-state index in [9.17, 15) is 0 Å². The minimum Gasteiger partial charge on any atom is -0.363 e. The van der Waals surface area contributed by atoms with E-state index in [2.05, 4.69) is 52.7 Å². The predicted molar refractivity (Wildman–Crippen MR) is 146 cm³/mol. The number of likely N-dealkylation sites (tertiary alicyclic amines) is 1. The molecule has 1 aromatic carbocycles. The van der Waals surface area contributed by atoms with E-state index in [-0.39, 0.29) is 24.0 Å². The monoisotopic (exact) mass is 570 g/mol. The van der Waals surface area contributed by atoms with Gasteiger partial charge in [-0.05, 0) is 74.7 Å². The summed E-state index contributed by atoms with van der Waals surface area (Å²) in [5.41, 5.74) is 2.43. The van der Waals surface area contributed by atoms with Gasteiger partial charge in [-0.2, -0.15) is 0 Å². The number of piperidine rings is 1. The highest BCUT2D eigenvalue weighted by Crippen LogP contribution is 2.35. The lowest BCUT2D eigenvalue weighted by molar-refractivity contribution is 0.122. The Balaban J connectivity index is 0.00000363. The summed E-state index contributed by atoms with van der Waals surface area (Å²) in [4.78, 5) is 13.7. The third kappa shape index (κ3) is 7.49. The van der Waals surface area contributed by atoms with Crippen molar-refractivity contribution < 1.29 is 0 Å². The maximum atomic E-state index is 6.29. The summed E-state index contributed by atoms with van der Waals surface area (Å²) < 4.78 is 0. The molecule has 2 unspecified atom stereocenters. The van der Waals surface area contributed by atoms with Crippen LogP contribution in [0.25, 0.3) is 0 Å². The van der Waals surface area contributed by atoms with Crippen molar-refractivity contribution in [3.05, 3.63) is 58.7 Å². The summed E-state index contributed by atoms with van der Waals surface area (Å²) in [5, 5.41) is 7.77. The first-order chi connectivity index (χ1) is 15.0. The molecule has 0 amide bonds. The number of aliphatic imine (C=N–C) groups is 1. The van der Waals surface area contributed by atoms with Gasteiger partial charge >= 0.3 is 0 Å². The average Bonchev–Trinajstić information content (AvgIpc) is 2.76. The van der Waals surface area contributed by atoms with Crippen molar-refractivity contribution in [1.82, 2.24) is 20.5 Å². The van der Waals surface area contributed by atoms with Crippen molar-refractivity contribution in [1.29, 1.82) is 0 Å². The molecule has 0 bridgehead atoms. The molecule has 2 atom stereocenters. The van der Waals surface area contributed by atoms with Crippen LogP contribution in [-0.4, -0.2) is 56.6 Å². The zero-order valence-electron chi connectivity index (χ0n) is 19.5. The highest BCUT2D eigenvalue weighted by Gasteiger charge is 2.30. The number of rotatable bonds is 7. The number of guanidine groups is 1. The first kappa shape index (κ1) is 26.7. The van der Waals surface area contributed by atoms with Crippen molar-refractivity contribution in [2.24, 2.45) is 10.9 Å². The zero-order chi connectivity index (χ0) is 22.2. The molecule has 6 nitrogen and oxygen atoms in total. The zero-order valence-corrected chi connectivity index (χ0v) is 22.6. The Morgan fingerprint density at radius 2 is 2.06 bits per heavy atom. The minimum atomic E-state index is 0. The van der Waals surface area contributed by atoms with Crippen molar-refractivity contribution in [2.75, 3.05) is 45.7 Å². The fourth-order valence-electron chi connectivity index (χ4n) is 4.23. The number of aromatic nitrogens is 1. The maximum Gasteiger partial charge on any atom is 0.191 e. The van der Waals surface area contributed by atoms with Crippen LogP contribution in [0.5, 0.6) is 0 Å². The second-order valence-electron chi connectivity index (χ2n) is 8.38. The third-order valence-electron chi connectivity index (χ3n) is 5.76. The van der Waals surface area contributed by atoms with Gasteiger partial charge in [0.15, 0.2) is 5.96 Å². The van der Waals surface area contributed by atoms with Crippen molar-refractivity contribution in [3.8, 4) is 0 Å². The van der Waals surface area contributed by atoms with E-state index >= 15 is 0 Å². The normalized spacial score (nSPS) is 19.2. The molecule has 1 aliphatic heterocycles. The van der Waals surface area contributed by atoms with Gasteiger partial charge in [-0.25, -0.2) is 9.98 Å². The van der Waals surface area contributed by atoms with Crippen LogP contribution in [0.3, 0.4) is 0 Å². The van der Waals surface area contributed by atoms with Gasteiger partial charge in [0.25, 0.3) is 0 Å². The maximum absolute atomic E-state index is 6.29. The first-order valence-corrected chi connectivity index (χ1v) is 11.5. The topological polar surface area (TPSA) is 55.8 Å². The molecule has 3 rings (SSSR count). The van der Waals surface area contributed by atoms with Gasteiger partial charge in [-0.1, -0.05) is 23.7 Å². The van der Waals surface area contributed by atoms with Gasteiger partial charge in [0, 0.05) is 44.4 Å². The Kier molecular flexibility index (Phi) is 11.0. The van der Waals surface area contributed by atoms with Crippen LogP contribution < -0.4 is 15.5 Å². The van der Waals surface area contributed by atoms with Crippen molar-refractivity contribution >= 4 is 47.4 Å². The lowest BCUT2D eigenvalue weighted by Crippen LogP contribution is -2.45. The van der Waals surface area contributed by atoms with Crippen LogP contribution in [0.2, 0.25) is 5.02 Å². The summed E-state index contributed by atoms with van der Waals surface area (Å²) in [6.07, 6.45) is 4.23. The highest BCUT2D eigenvalue weighted by atomic mass is 127. The van der Waals surface area contributed by atoms with Gasteiger partial charge in [-0.3, -0.25) is 4.90 Å². The molecule has 8 heteroatoms. The lowest BCUT2D eigenvalue weighted by atomic mass is 9.85. The van der Waals surface area contributed by atoms with Gasteiger partial charge in [0.2, 0.25) is 0 Å². The molecule has 176 valence electrons. The van der Waals surface area contributed by atoms with Crippen LogP contribution in [0, 0.1) is 5.92 Å². The average molecular weight is 571 g/mol. The fraction of sp³-hybridized carbons (Fsp3) is 0.500. The van der Waals surface area contributed by atoms with E-state index in [1.807, 2.05) is 43.4 Å². The molecule has 1 aliphatic rings. The fourth-order valence-corrected chi connectivity index (χ4v) is 4.43. The number of nitrogens with one attached hydrogen (secondary N) is 2. The van der Waals surface area contributed by atoms with Gasteiger partial charge in [0.05, 0.1) is 6.54 Å². The lowest BCUT2D eigenvalue weighted by Gasteiger charge is -2.40.